The summed E-state index contributed by atoms with van der Waals surface area (Å²) < 4.78 is 0. The molecule has 1 aromatic heterocycles. The summed E-state index contributed by atoms with van der Waals surface area (Å²) in [5.74, 6) is 0. The summed E-state index contributed by atoms with van der Waals surface area (Å²) in [6, 6.07) is 9.87. The third-order valence-corrected chi connectivity index (χ3v) is 5.68. The maximum atomic E-state index is 11.8. The van der Waals surface area contributed by atoms with Crippen LogP contribution < -0.4 is 5.56 Å². The fourth-order valence-corrected chi connectivity index (χ4v) is 4.30. The molecule has 0 amide bonds. The second-order valence-electron chi connectivity index (χ2n) is 5.29. The quantitative estimate of drug-likeness (QED) is 0.904. The molecule has 3 nitrogen and oxygen atoms in total. The lowest BCUT2D eigenvalue weighted by atomic mass is 10.0. The smallest absolute Gasteiger partial charge is 0.266 e. The maximum Gasteiger partial charge on any atom is 0.284 e. The summed E-state index contributed by atoms with van der Waals surface area (Å²) >= 11 is 7.98. The van der Waals surface area contributed by atoms with Gasteiger partial charge in [0.25, 0.3) is 5.56 Å². The molecule has 0 bridgehead atoms. The fraction of sp³-hybridized carbons (Fsp3) is 0.375. The molecule has 110 valence electrons. The molecule has 0 atom stereocenters. The van der Waals surface area contributed by atoms with Crippen LogP contribution in [0.3, 0.4) is 0 Å². The molecule has 1 saturated carbocycles. The first kappa shape index (κ1) is 14.7. The standard InChI is InChI=1S/C16H17ClN2OS/c17-13-15(21-12-9-5-2-6-10-12)14(18-19-16(13)20)11-7-3-1-4-8-11/h1,3-4,7-8,12H,2,5-6,9-10H2,(H,19,20). The van der Waals surface area contributed by atoms with Crippen molar-refractivity contribution in [3.05, 3.63) is 45.7 Å². The number of nitrogens with zero attached hydrogens (tertiary/aromatic N) is 1. The van der Waals surface area contributed by atoms with Gasteiger partial charge in [-0.2, -0.15) is 5.10 Å². The molecule has 0 saturated heterocycles. The Labute approximate surface area is 133 Å². The van der Waals surface area contributed by atoms with Gasteiger partial charge >= 0.3 is 0 Å². The minimum Gasteiger partial charge on any atom is -0.266 e. The molecule has 1 fully saturated rings. The van der Waals surface area contributed by atoms with E-state index in [2.05, 4.69) is 10.2 Å². The molecule has 0 aliphatic heterocycles. The number of benzene rings is 1. The van der Waals surface area contributed by atoms with E-state index >= 15 is 0 Å². The molecule has 0 unspecified atom stereocenters. The third-order valence-electron chi connectivity index (χ3n) is 3.77. The first-order chi connectivity index (χ1) is 10.3. The molecular formula is C16H17ClN2OS. The average molecular weight is 321 g/mol. The van der Waals surface area contributed by atoms with E-state index in [1.54, 1.807) is 11.8 Å². The maximum absolute atomic E-state index is 11.8. The lowest BCUT2D eigenvalue weighted by Gasteiger charge is -2.22. The van der Waals surface area contributed by atoms with Crippen molar-refractivity contribution in [1.29, 1.82) is 0 Å². The van der Waals surface area contributed by atoms with Crippen LogP contribution in [-0.2, 0) is 0 Å². The summed E-state index contributed by atoms with van der Waals surface area (Å²) in [4.78, 5) is 12.6. The number of aromatic nitrogens is 2. The predicted octanol–water partition coefficient (Wildman–Crippen LogP) is 4.52. The molecule has 1 aliphatic carbocycles. The number of thioether (sulfide) groups is 1. The van der Waals surface area contributed by atoms with E-state index in [9.17, 15) is 4.79 Å². The normalized spacial score (nSPS) is 16.0. The number of H-pyrrole nitrogens is 1. The van der Waals surface area contributed by atoms with Crippen molar-refractivity contribution in [3.63, 3.8) is 0 Å². The highest BCUT2D eigenvalue weighted by Crippen LogP contribution is 2.40. The van der Waals surface area contributed by atoms with E-state index in [0.717, 1.165) is 16.2 Å². The molecule has 3 rings (SSSR count). The van der Waals surface area contributed by atoms with E-state index in [-0.39, 0.29) is 10.6 Å². The van der Waals surface area contributed by atoms with Crippen LogP contribution in [0.5, 0.6) is 0 Å². The zero-order chi connectivity index (χ0) is 14.7. The molecule has 0 radical (unpaired) electrons. The third kappa shape index (κ3) is 3.33. The monoisotopic (exact) mass is 320 g/mol. The van der Waals surface area contributed by atoms with Gasteiger partial charge in [0, 0.05) is 10.8 Å². The van der Waals surface area contributed by atoms with E-state index in [4.69, 9.17) is 11.6 Å². The van der Waals surface area contributed by atoms with Crippen molar-refractivity contribution < 1.29 is 0 Å². The van der Waals surface area contributed by atoms with Gasteiger partial charge in [0.05, 0.1) is 4.90 Å². The Balaban J connectivity index is 2.00. The van der Waals surface area contributed by atoms with E-state index in [0.29, 0.717) is 5.25 Å². The molecule has 1 N–H and O–H groups in total. The molecule has 1 aromatic carbocycles. The van der Waals surface area contributed by atoms with Gasteiger partial charge in [-0.3, -0.25) is 4.79 Å². The van der Waals surface area contributed by atoms with Gasteiger partial charge in [0.15, 0.2) is 0 Å². The first-order valence-corrected chi connectivity index (χ1v) is 8.51. The zero-order valence-electron chi connectivity index (χ0n) is 11.6. The van der Waals surface area contributed by atoms with Crippen LogP contribution in [0, 0.1) is 0 Å². The van der Waals surface area contributed by atoms with Crippen LogP contribution in [0.15, 0.2) is 40.0 Å². The highest BCUT2D eigenvalue weighted by Gasteiger charge is 2.21. The van der Waals surface area contributed by atoms with Crippen molar-refractivity contribution in [1.82, 2.24) is 10.2 Å². The minimum atomic E-state index is -0.311. The minimum absolute atomic E-state index is 0.263. The Morgan fingerprint density at radius 2 is 1.86 bits per heavy atom. The van der Waals surface area contributed by atoms with Crippen LogP contribution in [0.1, 0.15) is 32.1 Å². The zero-order valence-corrected chi connectivity index (χ0v) is 13.2. The SMILES string of the molecule is O=c1[nH]nc(-c2ccccc2)c(SC2CCCCC2)c1Cl. The highest BCUT2D eigenvalue weighted by atomic mass is 35.5. The van der Waals surface area contributed by atoms with E-state index < -0.39 is 0 Å². The second kappa shape index (κ2) is 6.67. The van der Waals surface area contributed by atoms with Crippen LogP contribution in [0.4, 0.5) is 0 Å². The summed E-state index contributed by atoms with van der Waals surface area (Å²) in [6.07, 6.45) is 6.19. The summed E-state index contributed by atoms with van der Waals surface area (Å²) in [5, 5.41) is 7.52. The number of hydrogen-bond donors (Lipinski definition) is 1. The first-order valence-electron chi connectivity index (χ1n) is 7.26. The van der Waals surface area contributed by atoms with Gasteiger partial charge in [-0.25, -0.2) is 5.10 Å². The van der Waals surface area contributed by atoms with Crippen LogP contribution in [0.25, 0.3) is 11.3 Å². The number of hydrogen-bond acceptors (Lipinski definition) is 3. The second-order valence-corrected chi connectivity index (χ2v) is 6.98. The Morgan fingerprint density at radius 1 is 1.14 bits per heavy atom. The largest absolute Gasteiger partial charge is 0.284 e. The van der Waals surface area contributed by atoms with E-state index in [1.807, 2.05) is 30.3 Å². The molecule has 21 heavy (non-hydrogen) atoms. The van der Waals surface area contributed by atoms with Gasteiger partial charge in [-0.1, -0.05) is 61.2 Å². The highest BCUT2D eigenvalue weighted by molar-refractivity contribution is 8.00. The van der Waals surface area contributed by atoms with Crippen LogP contribution in [0.2, 0.25) is 5.02 Å². The topological polar surface area (TPSA) is 45.8 Å². The lowest BCUT2D eigenvalue weighted by molar-refractivity contribution is 0.516. The number of halogens is 1. The molecule has 2 aromatic rings. The van der Waals surface area contributed by atoms with Crippen molar-refractivity contribution in [2.45, 2.75) is 42.2 Å². The number of nitrogens with one attached hydrogen (secondary N) is 1. The Hall–Kier alpha value is -1.26. The molecular weight excluding hydrogens is 304 g/mol. The van der Waals surface area contributed by atoms with Gasteiger partial charge in [-0.05, 0) is 12.8 Å². The van der Waals surface area contributed by atoms with Gasteiger partial charge in [-0.15, -0.1) is 11.8 Å². The van der Waals surface area contributed by atoms with E-state index in [1.165, 1.54) is 32.1 Å². The van der Waals surface area contributed by atoms with Crippen molar-refractivity contribution in [3.8, 4) is 11.3 Å². The summed E-state index contributed by atoms with van der Waals surface area (Å²) in [7, 11) is 0. The summed E-state index contributed by atoms with van der Waals surface area (Å²) in [5.41, 5.74) is 1.44. The van der Waals surface area contributed by atoms with Gasteiger partial charge in [0.1, 0.15) is 10.7 Å². The Kier molecular flexibility index (Phi) is 4.66. The Morgan fingerprint density at radius 3 is 2.57 bits per heavy atom. The average Bonchev–Trinajstić information content (AvgIpc) is 2.54. The number of aromatic amines is 1. The molecule has 0 spiro atoms. The summed E-state index contributed by atoms with van der Waals surface area (Å²) in [6.45, 7) is 0. The van der Waals surface area contributed by atoms with Crippen LogP contribution in [-0.4, -0.2) is 15.4 Å². The lowest BCUT2D eigenvalue weighted by Crippen LogP contribution is -2.14. The molecule has 1 aliphatic rings. The Bertz CT molecular complexity index is 666. The van der Waals surface area contributed by atoms with Crippen molar-refractivity contribution in [2.24, 2.45) is 0 Å². The van der Waals surface area contributed by atoms with Crippen LogP contribution >= 0.6 is 23.4 Å². The molecule has 5 heteroatoms. The van der Waals surface area contributed by atoms with Crippen molar-refractivity contribution in [2.75, 3.05) is 0 Å². The predicted molar refractivity (Wildman–Crippen MR) is 88.0 cm³/mol. The number of rotatable bonds is 3. The fourth-order valence-electron chi connectivity index (χ4n) is 2.66. The van der Waals surface area contributed by atoms with Crippen molar-refractivity contribution >= 4 is 23.4 Å². The molecule has 1 heterocycles. The van der Waals surface area contributed by atoms with Gasteiger partial charge in [0.2, 0.25) is 0 Å². The van der Waals surface area contributed by atoms with Gasteiger partial charge < -0.3 is 0 Å².